The lowest BCUT2D eigenvalue weighted by atomic mass is 9.99. The van der Waals surface area contributed by atoms with Crippen molar-refractivity contribution in [3.05, 3.63) is 112 Å². The molecular formula is C27H24N4O2. The standard InChI is InChI=1S/C27H24N4O2/c1-19-7-9-22(10-8-19)25(32)18-31-24(21-5-3-2-4-6-21)13-16-30-26(33)17-23(29-27(30)31)20-11-14-28-15-12-20/h2-12,14-15,17,24H,13,16,18H2,1H3. The molecule has 2 aromatic carbocycles. The summed E-state index contributed by atoms with van der Waals surface area (Å²) in [5.74, 6) is 0.517. The second kappa shape index (κ2) is 8.82. The van der Waals surface area contributed by atoms with Crippen molar-refractivity contribution in [2.45, 2.75) is 25.9 Å². The average Bonchev–Trinajstić information content (AvgIpc) is 2.85. The van der Waals surface area contributed by atoms with Crippen LogP contribution in [0.5, 0.6) is 0 Å². The van der Waals surface area contributed by atoms with Gasteiger partial charge in [-0.3, -0.25) is 19.1 Å². The Bertz CT molecular complexity index is 1330. The number of Topliss-reactive ketones (excluding diaryl/α,β-unsaturated/α-hetero) is 1. The van der Waals surface area contributed by atoms with E-state index in [1.54, 1.807) is 23.0 Å². The molecule has 0 bridgehead atoms. The minimum atomic E-state index is -0.119. The number of hydrogen-bond acceptors (Lipinski definition) is 5. The van der Waals surface area contributed by atoms with Gasteiger partial charge in [0.05, 0.1) is 18.3 Å². The van der Waals surface area contributed by atoms with E-state index in [4.69, 9.17) is 4.98 Å². The third kappa shape index (κ3) is 4.20. The second-order valence-corrected chi connectivity index (χ2v) is 8.30. The fourth-order valence-electron chi connectivity index (χ4n) is 4.33. The molecular weight excluding hydrogens is 412 g/mol. The molecule has 33 heavy (non-hydrogen) atoms. The van der Waals surface area contributed by atoms with Crippen LogP contribution < -0.4 is 10.5 Å². The smallest absolute Gasteiger partial charge is 0.255 e. The number of pyridine rings is 1. The molecule has 0 fully saturated rings. The monoisotopic (exact) mass is 436 g/mol. The number of benzene rings is 2. The van der Waals surface area contributed by atoms with Crippen LogP contribution in [0.3, 0.4) is 0 Å². The lowest BCUT2D eigenvalue weighted by molar-refractivity contribution is 0.0994. The number of fused-ring (bicyclic) bond motifs is 1. The lowest BCUT2D eigenvalue weighted by Gasteiger charge is -2.38. The highest BCUT2D eigenvalue weighted by atomic mass is 16.1. The number of carbonyl (C=O) groups excluding carboxylic acids is 1. The van der Waals surface area contributed by atoms with Crippen LogP contribution >= 0.6 is 0 Å². The zero-order valence-corrected chi connectivity index (χ0v) is 18.4. The maximum absolute atomic E-state index is 13.3. The molecule has 1 aliphatic heterocycles. The van der Waals surface area contributed by atoms with Gasteiger partial charge in [0.25, 0.3) is 5.56 Å². The summed E-state index contributed by atoms with van der Waals surface area (Å²) in [6.45, 7) is 2.68. The van der Waals surface area contributed by atoms with Gasteiger partial charge in [-0.1, -0.05) is 60.2 Å². The summed E-state index contributed by atoms with van der Waals surface area (Å²) >= 11 is 0. The molecule has 1 atom stereocenters. The molecule has 1 aliphatic rings. The van der Waals surface area contributed by atoms with Crippen LogP contribution in [0.2, 0.25) is 0 Å². The first-order chi connectivity index (χ1) is 16.1. The lowest BCUT2D eigenvalue weighted by Crippen LogP contribution is -2.43. The van der Waals surface area contributed by atoms with Gasteiger partial charge in [-0.25, -0.2) is 4.98 Å². The van der Waals surface area contributed by atoms with E-state index in [0.717, 1.165) is 16.7 Å². The van der Waals surface area contributed by atoms with Gasteiger partial charge in [-0.05, 0) is 31.0 Å². The molecule has 0 saturated carbocycles. The highest BCUT2D eigenvalue weighted by Crippen LogP contribution is 2.34. The first kappa shape index (κ1) is 20.8. The SMILES string of the molecule is Cc1ccc(C(=O)CN2c3nc(-c4ccncc4)cc(=O)n3CCC2c2ccccc2)cc1. The Balaban J connectivity index is 1.60. The number of hydrogen-bond donors (Lipinski definition) is 0. The predicted molar refractivity (Wildman–Crippen MR) is 128 cm³/mol. The third-order valence-electron chi connectivity index (χ3n) is 6.10. The number of ketones is 1. The molecule has 0 saturated heterocycles. The zero-order chi connectivity index (χ0) is 22.8. The van der Waals surface area contributed by atoms with Crippen molar-refractivity contribution in [3.63, 3.8) is 0 Å². The fraction of sp³-hybridized carbons (Fsp3) is 0.185. The minimum absolute atomic E-state index is 0.00653. The maximum Gasteiger partial charge on any atom is 0.255 e. The summed E-state index contributed by atoms with van der Waals surface area (Å²) in [7, 11) is 0. The van der Waals surface area contributed by atoms with E-state index in [1.165, 1.54) is 0 Å². The Labute approximate surface area is 192 Å². The van der Waals surface area contributed by atoms with Crippen molar-refractivity contribution >= 4 is 11.7 Å². The Hall–Kier alpha value is -4.06. The molecule has 2 aromatic heterocycles. The van der Waals surface area contributed by atoms with Crippen molar-refractivity contribution in [2.24, 2.45) is 0 Å². The molecule has 3 heterocycles. The zero-order valence-electron chi connectivity index (χ0n) is 18.4. The summed E-state index contributed by atoms with van der Waals surface area (Å²) in [5, 5.41) is 0. The highest BCUT2D eigenvalue weighted by molar-refractivity contribution is 5.99. The van der Waals surface area contributed by atoms with Crippen molar-refractivity contribution < 1.29 is 4.79 Å². The summed E-state index contributed by atoms with van der Waals surface area (Å²) in [4.78, 5) is 37.2. The van der Waals surface area contributed by atoms with Crippen LogP contribution in [-0.2, 0) is 6.54 Å². The summed E-state index contributed by atoms with van der Waals surface area (Å²) < 4.78 is 1.67. The average molecular weight is 437 g/mol. The number of anilines is 1. The predicted octanol–water partition coefficient (Wildman–Crippen LogP) is 4.45. The van der Waals surface area contributed by atoms with Gasteiger partial charge in [-0.15, -0.1) is 0 Å². The van der Waals surface area contributed by atoms with E-state index in [0.29, 0.717) is 30.2 Å². The molecule has 0 aliphatic carbocycles. The molecule has 6 heteroatoms. The van der Waals surface area contributed by atoms with Crippen LogP contribution in [0, 0.1) is 6.92 Å². The molecule has 4 aromatic rings. The van der Waals surface area contributed by atoms with Crippen LogP contribution in [0.1, 0.15) is 33.9 Å². The van der Waals surface area contributed by atoms with Gasteiger partial charge < -0.3 is 4.90 Å². The van der Waals surface area contributed by atoms with Gasteiger partial charge in [-0.2, -0.15) is 0 Å². The fourth-order valence-corrected chi connectivity index (χ4v) is 4.33. The van der Waals surface area contributed by atoms with E-state index in [9.17, 15) is 9.59 Å². The van der Waals surface area contributed by atoms with Gasteiger partial charge in [0.1, 0.15) is 0 Å². The topological polar surface area (TPSA) is 68.1 Å². The van der Waals surface area contributed by atoms with E-state index in [-0.39, 0.29) is 23.9 Å². The molecule has 0 radical (unpaired) electrons. The molecule has 6 nitrogen and oxygen atoms in total. The molecule has 1 unspecified atom stereocenters. The largest absolute Gasteiger partial charge is 0.327 e. The normalized spacial score (nSPS) is 15.2. The van der Waals surface area contributed by atoms with E-state index in [2.05, 4.69) is 17.1 Å². The van der Waals surface area contributed by atoms with Crippen LogP contribution in [0.25, 0.3) is 11.3 Å². The van der Waals surface area contributed by atoms with Crippen LogP contribution in [0.4, 0.5) is 5.95 Å². The van der Waals surface area contributed by atoms with E-state index in [1.807, 2.05) is 66.4 Å². The first-order valence-electron chi connectivity index (χ1n) is 11.0. The Kier molecular flexibility index (Phi) is 5.57. The van der Waals surface area contributed by atoms with Gasteiger partial charge in [0.15, 0.2) is 5.78 Å². The van der Waals surface area contributed by atoms with Gasteiger partial charge in [0, 0.05) is 36.1 Å². The Morgan fingerprint density at radius 3 is 2.45 bits per heavy atom. The van der Waals surface area contributed by atoms with Crippen molar-refractivity contribution in [2.75, 3.05) is 11.4 Å². The molecule has 5 rings (SSSR count). The first-order valence-corrected chi connectivity index (χ1v) is 11.0. The molecule has 0 amide bonds. The van der Waals surface area contributed by atoms with Gasteiger partial charge >= 0.3 is 0 Å². The highest BCUT2D eigenvalue weighted by Gasteiger charge is 2.31. The molecule has 0 spiro atoms. The number of carbonyl (C=O) groups is 1. The second-order valence-electron chi connectivity index (χ2n) is 8.30. The van der Waals surface area contributed by atoms with Crippen LogP contribution in [0.15, 0.2) is 90.0 Å². The summed E-state index contributed by atoms with van der Waals surface area (Å²) in [6.07, 6.45) is 4.08. The summed E-state index contributed by atoms with van der Waals surface area (Å²) in [6, 6.07) is 22.9. The Morgan fingerprint density at radius 1 is 1.00 bits per heavy atom. The maximum atomic E-state index is 13.3. The van der Waals surface area contributed by atoms with Crippen molar-refractivity contribution in [3.8, 4) is 11.3 Å². The van der Waals surface area contributed by atoms with E-state index < -0.39 is 0 Å². The molecule has 0 N–H and O–H groups in total. The minimum Gasteiger partial charge on any atom is -0.327 e. The number of aryl methyl sites for hydroxylation is 1. The van der Waals surface area contributed by atoms with Crippen LogP contribution in [-0.4, -0.2) is 26.9 Å². The third-order valence-corrected chi connectivity index (χ3v) is 6.10. The van der Waals surface area contributed by atoms with Crippen molar-refractivity contribution in [1.82, 2.24) is 14.5 Å². The molecule has 164 valence electrons. The quantitative estimate of drug-likeness (QED) is 0.433. The van der Waals surface area contributed by atoms with Crippen molar-refractivity contribution in [1.29, 1.82) is 0 Å². The number of rotatable bonds is 5. The number of nitrogens with zero attached hydrogens (tertiary/aromatic N) is 4. The Morgan fingerprint density at radius 2 is 1.73 bits per heavy atom. The van der Waals surface area contributed by atoms with Gasteiger partial charge in [0.2, 0.25) is 5.95 Å². The number of aromatic nitrogens is 3. The van der Waals surface area contributed by atoms with E-state index >= 15 is 0 Å². The summed E-state index contributed by atoms with van der Waals surface area (Å²) in [5.41, 5.74) is 4.13.